The lowest BCUT2D eigenvalue weighted by Gasteiger charge is -2.30. The molecule has 0 N–H and O–H groups in total. The number of rotatable bonds is 4. The van der Waals surface area contributed by atoms with E-state index in [4.69, 9.17) is 4.74 Å². The molecule has 0 aromatic heterocycles. The van der Waals surface area contributed by atoms with Crippen molar-refractivity contribution in [1.29, 1.82) is 0 Å². The highest BCUT2D eigenvalue weighted by atomic mass is 16.5. The summed E-state index contributed by atoms with van der Waals surface area (Å²) in [5.41, 5.74) is 1.16. The molecule has 3 heteroatoms. The van der Waals surface area contributed by atoms with Gasteiger partial charge in [-0.25, -0.2) is 0 Å². The lowest BCUT2D eigenvalue weighted by molar-refractivity contribution is -0.132. The van der Waals surface area contributed by atoms with Gasteiger partial charge in [0.1, 0.15) is 5.75 Å². The van der Waals surface area contributed by atoms with Crippen LogP contribution in [0.15, 0.2) is 24.3 Å². The average molecular weight is 261 g/mol. The molecule has 1 heterocycles. The maximum Gasteiger partial charge on any atom is 0.222 e. The number of piperidine rings is 1. The van der Waals surface area contributed by atoms with Gasteiger partial charge in [-0.2, -0.15) is 0 Å². The minimum Gasteiger partial charge on any atom is -0.497 e. The third-order valence-corrected chi connectivity index (χ3v) is 3.90. The van der Waals surface area contributed by atoms with Gasteiger partial charge in [0.15, 0.2) is 0 Å². The smallest absolute Gasteiger partial charge is 0.222 e. The Kier molecular flexibility index (Phi) is 4.83. The molecular formula is C16H23NO2. The summed E-state index contributed by atoms with van der Waals surface area (Å²) in [6.45, 7) is 4.12. The van der Waals surface area contributed by atoms with Gasteiger partial charge in [-0.3, -0.25) is 4.79 Å². The van der Waals surface area contributed by atoms with Gasteiger partial charge in [-0.05, 0) is 42.9 Å². The summed E-state index contributed by atoms with van der Waals surface area (Å²) in [5, 5.41) is 0. The Balaban J connectivity index is 1.82. The zero-order valence-corrected chi connectivity index (χ0v) is 11.9. The average Bonchev–Trinajstić information content (AvgIpc) is 2.46. The Morgan fingerprint density at radius 1 is 1.37 bits per heavy atom. The minimum absolute atomic E-state index is 0.287. The molecule has 3 nitrogen and oxygen atoms in total. The second kappa shape index (κ2) is 6.60. The molecule has 2 rings (SSSR count). The fourth-order valence-corrected chi connectivity index (χ4v) is 2.50. The fraction of sp³-hybridized carbons (Fsp3) is 0.562. The number of likely N-dealkylation sites (tertiary alicyclic amines) is 1. The first-order valence-electron chi connectivity index (χ1n) is 7.09. The number of hydrogen-bond donors (Lipinski definition) is 0. The Morgan fingerprint density at radius 2 is 2.11 bits per heavy atom. The largest absolute Gasteiger partial charge is 0.497 e. The van der Waals surface area contributed by atoms with Crippen molar-refractivity contribution in [2.75, 3.05) is 20.2 Å². The van der Waals surface area contributed by atoms with Crippen molar-refractivity contribution in [2.45, 2.75) is 32.6 Å². The molecule has 1 aliphatic rings. The standard InChI is InChI=1S/C16H23NO2/c1-13-8-10-17(11-9-13)16(18)7-6-14-4-3-5-15(12-14)19-2/h3-5,12-13H,6-11H2,1-2H3. The zero-order chi connectivity index (χ0) is 13.7. The van der Waals surface area contributed by atoms with Gasteiger partial charge in [0.05, 0.1) is 7.11 Å². The number of amides is 1. The van der Waals surface area contributed by atoms with Crippen LogP contribution in [0.4, 0.5) is 0 Å². The summed E-state index contributed by atoms with van der Waals surface area (Å²) in [6, 6.07) is 7.96. The maximum absolute atomic E-state index is 12.1. The van der Waals surface area contributed by atoms with Crippen LogP contribution in [0.25, 0.3) is 0 Å². The van der Waals surface area contributed by atoms with Gasteiger partial charge in [-0.15, -0.1) is 0 Å². The second-order valence-electron chi connectivity index (χ2n) is 5.41. The molecule has 1 aromatic rings. The zero-order valence-electron chi connectivity index (χ0n) is 11.9. The van der Waals surface area contributed by atoms with Crippen LogP contribution in [0.1, 0.15) is 31.7 Å². The lowest BCUT2D eigenvalue weighted by Crippen LogP contribution is -2.37. The van der Waals surface area contributed by atoms with Crippen LogP contribution in [0.5, 0.6) is 5.75 Å². The summed E-state index contributed by atoms with van der Waals surface area (Å²) >= 11 is 0. The van der Waals surface area contributed by atoms with Gasteiger partial charge in [0, 0.05) is 19.5 Å². The van der Waals surface area contributed by atoms with Gasteiger partial charge in [0.25, 0.3) is 0 Å². The summed E-state index contributed by atoms with van der Waals surface area (Å²) in [6.07, 6.45) is 3.68. The summed E-state index contributed by atoms with van der Waals surface area (Å²) in [5.74, 6) is 1.91. The normalized spacial score (nSPS) is 16.4. The van der Waals surface area contributed by atoms with E-state index in [-0.39, 0.29) is 5.91 Å². The van der Waals surface area contributed by atoms with E-state index in [0.29, 0.717) is 6.42 Å². The van der Waals surface area contributed by atoms with E-state index in [0.717, 1.165) is 49.6 Å². The molecule has 1 amide bonds. The third-order valence-electron chi connectivity index (χ3n) is 3.90. The molecule has 19 heavy (non-hydrogen) atoms. The van der Waals surface area contributed by atoms with Crippen LogP contribution >= 0.6 is 0 Å². The van der Waals surface area contributed by atoms with Crippen molar-refractivity contribution in [2.24, 2.45) is 5.92 Å². The van der Waals surface area contributed by atoms with Crippen molar-refractivity contribution < 1.29 is 9.53 Å². The van der Waals surface area contributed by atoms with Crippen molar-refractivity contribution in [3.05, 3.63) is 29.8 Å². The molecule has 1 aliphatic heterocycles. The predicted molar refractivity (Wildman–Crippen MR) is 76.3 cm³/mol. The first-order valence-corrected chi connectivity index (χ1v) is 7.09. The second-order valence-corrected chi connectivity index (χ2v) is 5.41. The first-order chi connectivity index (χ1) is 9.19. The van der Waals surface area contributed by atoms with Crippen LogP contribution in [0.3, 0.4) is 0 Å². The highest BCUT2D eigenvalue weighted by Crippen LogP contribution is 2.18. The molecule has 0 atom stereocenters. The van der Waals surface area contributed by atoms with Crippen LogP contribution in [0, 0.1) is 5.92 Å². The molecule has 0 unspecified atom stereocenters. The van der Waals surface area contributed by atoms with Crippen LogP contribution < -0.4 is 4.74 Å². The summed E-state index contributed by atoms with van der Waals surface area (Å²) < 4.78 is 5.19. The van der Waals surface area contributed by atoms with Crippen LogP contribution in [-0.2, 0) is 11.2 Å². The highest BCUT2D eigenvalue weighted by Gasteiger charge is 2.19. The minimum atomic E-state index is 0.287. The predicted octanol–water partition coefficient (Wildman–Crippen LogP) is 2.89. The fourth-order valence-electron chi connectivity index (χ4n) is 2.50. The molecule has 1 fully saturated rings. The SMILES string of the molecule is COc1cccc(CCC(=O)N2CCC(C)CC2)c1. The van der Waals surface area contributed by atoms with Gasteiger partial charge < -0.3 is 9.64 Å². The lowest BCUT2D eigenvalue weighted by atomic mass is 9.98. The van der Waals surface area contributed by atoms with E-state index >= 15 is 0 Å². The third kappa shape index (κ3) is 3.98. The topological polar surface area (TPSA) is 29.5 Å². The molecule has 0 spiro atoms. The number of methoxy groups -OCH3 is 1. The monoisotopic (exact) mass is 261 g/mol. The highest BCUT2D eigenvalue weighted by molar-refractivity contribution is 5.76. The Morgan fingerprint density at radius 3 is 2.79 bits per heavy atom. The van der Waals surface area contributed by atoms with Crippen LogP contribution in [-0.4, -0.2) is 31.0 Å². The number of benzene rings is 1. The molecular weight excluding hydrogens is 238 g/mol. The van der Waals surface area contributed by atoms with Gasteiger partial charge in [0.2, 0.25) is 5.91 Å². The number of carbonyl (C=O) groups is 1. The summed E-state index contributed by atoms with van der Waals surface area (Å²) in [7, 11) is 1.67. The Hall–Kier alpha value is -1.51. The van der Waals surface area contributed by atoms with E-state index in [1.807, 2.05) is 29.2 Å². The molecule has 0 saturated carbocycles. The number of hydrogen-bond acceptors (Lipinski definition) is 2. The van der Waals surface area contributed by atoms with E-state index in [1.165, 1.54) is 0 Å². The van der Waals surface area contributed by atoms with Crippen molar-refractivity contribution >= 4 is 5.91 Å². The van der Waals surface area contributed by atoms with E-state index in [1.54, 1.807) is 7.11 Å². The Bertz CT molecular complexity index is 423. The molecule has 0 aliphatic carbocycles. The van der Waals surface area contributed by atoms with E-state index in [9.17, 15) is 4.79 Å². The molecule has 104 valence electrons. The number of ether oxygens (including phenoxy) is 1. The molecule has 0 bridgehead atoms. The van der Waals surface area contributed by atoms with Crippen molar-refractivity contribution in [3.63, 3.8) is 0 Å². The van der Waals surface area contributed by atoms with E-state index in [2.05, 4.69) is 6.92 Å². The Labute approximate surface area is 115 Å². The van der Waals surface area contributed by atoms with Gasteiger partial charge >= 0.3 is 0 Å². The molecule has 1 saturated heterocycles. The maximum atomic E-state index is 12.1. The molecule has 1 aromatic carbocycles. The number of aryl methyl sites for hydroxylation is 1. The van der Waals surface area contributed by atoms with E-state index < -0.39 is 0 Å². The van der Waals surface area contributed by atoms with Crippen molar-refractivity contribution in [1.82, 2.24) is 4.90 Å². The summed E-state index contributed by atoms with van der Waals surface area (Å²) in [4.78, 5) is 14.1. The quantitative estimate of drug-likeness (QED) is 0.834. The van der Waals surface area contributed by atoms with Crippen LogP contribution in [0.2, 0.25) is 0 Å². The number of carbonyl (C=O) groups excluding carboxylic acids is 1. The van der Waals surface area contributed by atoms with Gasteiger partial charge in [-0.1, -0.05) is 19.1 Å². The van der Waals surface area contributed by atoms with Crippen molar-refractivity contribution in [3.8, 4) is 5.75 Å². The first kappa shape index (κ1) is 13.9. The number of nitrogens with zero attached hydrogens (tertiary/aromatic N) is 1. The molecule has 0 radical (unpaired) electrons.